The number of anilines is 1. The molecule has 2 saturated heterocycles. The van der Waals surface area contributed by atoms with Gasteiger partial charge in [-0.2, -0.15) is 0 Å². The van der Waals surface area contributed by atoms with Crippen molar-refractivity contribution in [2.75, 3.05) is 24.5 Å². The van der Waals surface area contributed by atoms with Crippen LogP contribution in [0.2, 0.25) is 0 Å². The minimum atomic E-state index is 0.728. The topological polar surface area (TPSA) is 19.4 Å². The number of nitrogens with zero attached hydrogens (tertiary/aromatic N) is 3. The molecule has 0 amide bonds. The summed E-state index contributed by atoms with van der Waals surface area (Å²) >= 11 is 0. The third-order valence-electron chi connectivity index (χ3n) is 5.91. The SMILES string of the molecule is c1cncc(N2CCN3CCCC3C2C2CCCCC2)c1. The van der Waals surface area contributed by atoms with Gasteiger partial charge in [-0.25, -0.2) is 0 Å². The van der Waals surface area contributed by atoms with Crippen LogP contribution in [0.1, 0.15) is 44.9 Å². The van der Waals surface area contributed by atoms with Crippen molar-refractivity contribution in [2.45, 2.75) is 57.0 Å². The van der Waals surface area contributed by atoms with Crippen LogP contribution in [0.5, 0.6) is 0 Å². The number of rotatable bonds is 2. The highest BCUT2D eigenvalue weighted by Crippen LogP contribution is 2.39. The molecule has 3 nitrogen and oxygen atoms in total. The molecule has 3 fully saturated rings. The average molecular weight is 285 g/mol. The molecule has 0 N–H and O–H groups in total. The van der Waals surface area contributed by atoms with Crippen LogP contribution in [0.25, 0.3) is 0 Å². The Labute approximate surface area is 128 Å². The predicted molar refractivity (Wildman–Crippen MR) is 86.5 cm³/mol. The molecule has 2 atom stereocenters. The van der Waals surface area contributed by atoms with Gasteiger partial charge in [0.15, 0.2) is 0 Å². The first kappa shape index (κ1) is 13.6. The third kappa shape index (κ3) is 2.57. The molecular formula is C18H27N3. The van der Waals surface area contributed by atoms with E-state index in [1.54, 1.807) is 0 Å². The molecule has 1 saturated carbocycles. The van der Waals surface area contributed by atoms with Gasteiger partial charge in [0.25, 0.3) is 0 Å². The second kappa shape index (κ2) is 5.96. The van der Waals surface area contributed by atoms with Gasteiger partial charge in [-0.1, -0.05) is 19.3 Å². The summed E-state index contributed by atoms with van der Waals surface area (Å²) in [7, 11) is 0. The summed E-state index contributed by atoms with van der Waals surface area (Å²) in [4.78, 5) is 9.84. The molecule has 21 heavy (non-hydrogen) atoms. The molecule has 114 valence electrons. The van der Waals surface area contributed by atoms with E-state index in [2.05, 4.69) is 33.1 Å². The van der Waals surface area contributed by atoms with Gasteiger partial charge in [0, 0.05) is 31.4 Å². The molecule has 0 spiro atoms. The van der Waals surface area contributed by atoms with Crippen LogP contribution in [0, 0.1) is 5.92 Å². The van der Waals surface area contributed by atoms with Gasteiger partial charge in [0.1, 0.15) is 0 Å². The van der Waals surface area contributed by atoms with E-state index in [0.717, 1.165) is 18.0 Å². The maximum absolute atomic E-state index is 4.37. The fourth-order valence-corrected chi connectivity index (χ4v) is 4.98. The zero-order chi connectivity index (χ0) is 14.1. The van der Waals surface area contributed by atoms with Gasteiger partial charge in [0.05, 0.1) is 11.9 Å². The van der Waals surface area contributed by atoms with Crippen molar-refractivity contribution in [1.29, 1.82) is 0 Å². The van der Waals surface area contributed by atoms with Crippen LogP contribution < -0.4 is 4.90 Å². The number of aromatic nitrogens is 1. The van der Waals surface area contributed by atoms with Crippen LogP contribution in [-0.2, 0) is 0 Å². The maximum Gasteiger partial charge on any atom is 0.0556 e. The molecular weight excluding hydrogens is 258 g/mol. The molecule has 1 aromatic rings. The molecule has 2 aliphatic heterocycles. The molecule has 0 bridgehead atoms. The van der Waals surface area contributed by atoms with Gasteiger partial charge in [-0.15, -0.1) is 0 Å². The highest BCUT2D eigenvalue weighted by molar-refractivity contribution is 5.46. The van der Waals surface area contributed by atoms with E-state index in [1.807, 2.05) is 6.20 Å². The van der Waals surface area contributed by atoms with E-state index < -0.39 is 0 Å². The molecule has 0 aromatic carbocycles. The number of fused-ring (bicyclic) bond motifs is 1. The quantitative estimate of drug-likeness (QED) is 0.831. The van der Waals surface area contributed by atoms with E-state index in [4.69, 9.17) is 0 Å². The summed E-state index contributed by atoms with van der Waals surface area (Å²) in [5.74, 6) is 0.893. The Balaban J connectivity index is 1.63. The zero-order valence-corrected chi connectivity index (χ0v) is 13.0. The van der Waals surface area contributed by atoms with E-state index in [1.165, 1.54) is 70.3 Å². The lowest BCUT2D eigenvalue weighted by molar-refractivity contribution is 0.134. The smallest absolute Gasteiger partial charge is 0.0556 e. The minimum absolute atomic E-state index is 0.728. The van der Waals surface area contributed by atoms with Gasteiger partial charge >= 0.3 is 0 Å². The lowest BCUT2D eigenvalue weighted by Crippen LogP contribution is -2.60. The van der Waals surface area contributed by atoms with Gasteiger partial charge in [-0.05, 0) is 50.3 Å². The van der Waals surface area contributed by atoms with Crippen LogP contribution >= 0.6 is 0 Å². The zero-order valence-electron chi connectivity index (χ0n) is 13.0. The van der Waals surface area contributed by atoms with Crippen molar-refractivity contribution in [3.8, 4) is 0 Å². The summed E-state index contributed by atoms with van der Waals surface area (Å²) in [5, 5.41) is 0. The van der Waals surface area contributed by atoms with Crippen molar-refractivity contribution in [2.24, 2.45) is 5.92 Å². The molecule has 1 aromatic heterocycles. The maximum atomic E-state index is 4.37. The van der Waals surface area contributed by atoms with Crippen LogP contribution in [-0.4, -0.2) is 41.6 Å². The van der Waals surface area contributed by atoms with Crippen molar-refractivity contribution in [3.05, 3.63) is 24.5 Å². The van der Waals surface area contributed by atoms with Gasteiger partial charge < -0.3 is 4.90 Å². The van der Waals surface area contributed by atoms with Crippen molar-refractivity contribution >= 4 is 5.69 Å². The Hall–Kier alpha value is -1.09. The van der Waals surface area contributed by atoms with Gasteiger partial charge in [-0.3, -0.25) is 9.88 Å². The number of hydrogen-bond acceptors (Lipinski definition) is 3. The number of pyridine rings is 1. The molecule has 4 rings (SSSR count). The summed E-state index contributed by atoms with van der Waals surface area (Å²) in [6.45, 7) is 3.75. The Morgan fingerprint density at radius 1 is 0.952 bits per heavy atom. The first-order valence-electron chi connectivity index (χ1n) is 8.84. The van der Waals surface area contributed by atoms with E-state index in [0.29, 0.717) is 0 Å². The second-order valence-electron chi connectivity index (χ2n) is 7.04. The van der Waals surface area contributed by atoms with Crippen molar-refractivity contribution < 1.29 is 0 Å². The highest BCUT2D eigenvalue weighted by Gasteiger charge is 2.43. The van der Waals surface area contributed by atoms with Crippen LogP contribution in [0.15, 0.2) is 24.5 Å². The van der Waals surface area contributed by atoms with E-state index in [9.17, 15) is 0 Å². The molecule has 0 radical (unpaired) electrons. The summed E-state index contributed by atoms with van der Waals surface area (Å²) < 4.78 is 0. The molecule has 3 heterocycles. The standard InChI is InChI=1S/C18H27N3/c1-2-6-15(7-3-1)18-17-9-5-11-20(17)12-13-21(18)16-8-4-10-19-14-16/h4,8,10,14-15,17-18H,1-3,5-7,9,11-13H2. The largest absolute Gasteiger partial charge is 0.364 e. The average Bonchev–Trinajstić information content (AvgIpc) is 3.04. The van der Waals surface area contributed by atoms with Gasteiger partial charge in [0.2, 0.25) is 0 Å². The molecule has 2 unspecified atom stereocenters. The Morgan fingerprint density at radius 2 is 1.86 bits per heavy atom. The fraction of sp³-hybridized carbons (Fsp3) is 0.722. The lowest BCUT2D eigenvalue weighted by atomic mass is 9.78. The molecule has 1 aliphatic carbocycles. The Bertz CT molecular complexity index is 455. The predicted octanol–water partition coefficient (Wildman–Crippen LogP) is 3.31. The fourth-order valence-electron chi connectivity index (χ4n) is 4.98. The van der Waals surface area contributed by atoms with Crippen molar-refractivity contribution in [1.82, 2.24) is 9.88 Å². The summed E-state index contributed by atoms with van der Waals surface area (Å²) in [6.07, 6.45) is 14.0. The molecule has 3 heteroatoms. The summed E-state index contributed by atoms with van der Waals surface area (Å²) in [6, 6.07) is 5.87. The first-order chi connectivity index (χ1) is 10.4. The number of hydrogen-bond donors (Lipinski definition) is 0. The molecule has 3 aliphatic rings. The second-order valence-corrected chi connectivity index (χ2v) is 7.04. The van der Waals surface area contributed by atoms with Crippen molar-refractivity contribution in [3.63, 3.8) is 0 Å². The summed E-state index contributed by atoms with van der Waals surface area (Å²) in [5.41, 5.74) is 1.35. The monoisotopic (exact) mass is 285 g/mol. The number of piperazine rings is 1. The highest BCUT2D eigenvalue weighted by atomic mass is 15.3. The van der Waals surface area contributed by atoms with E-state index >= 15 is 0 Å². The Kier molecular flexibility index (Phi) is 3.85. The minimum Gasteiger partial charge on any atom is -0.364 e. The normalized spacial score (nSPS) is 31.3. The van der Waals surface area contributed by atoms with E-state index in [-0.39, 0.29) is 0 Å². The first-order valence-corrected chi connectivity index (χ1v) is 8.84. The lowest BCUT2D eigenvalue weighted by Gasteiger charge is -2.50. The Morgan fingerprint density at radius 3 is 2.67 bits per heavy atom. The van der Waals surface area contributed by atoms with Crippen LogP contribution in [0.4, 0.5) is 5.69 Å². The third-order valence-corrected chi connectivity index (χ3v) is 5.91. The van der Waals surface area contributed by atoms with Crippen LogP contribution in [0.3, 0.4) is 0 Å².